The Hall–Kier alpha value is -0.130. The third kappa shape index (κ3) is 6.34. The zero-order valence-electron chi connectivity index (χ0n) is 9.49. The van der Waals surface area contributed by atoms with Crippen molar-refractivity contribution in [2.75, 3.05) is 12.9 Å². The fourth-order valence-electron chi connectivity index (χ4n) is 1.65. The van der Waals surface area contributed by atoms with Crippen LogP contribution in [-0.4, -0.2) is 32.0 Å². The fraction of sp³-hybridized carbons (Fsp3) is 1.00. The molecule has 0 unspecified atom stereocenters. The summed E-state index contributed by atoms with van der Waals surface area (Å²) in [5.41, 5.74) is -1.12. The molecule has 5 heteroatoms. The van der Waals surface area contributed by atoms with E-state index in [0.29, 0.717) is 6.42 Å². The van der Waals surface area contributed by atoms with Crippen LogP contribution in [0.15, 0.2) is 0 Å². The quantitative estimate of drug-likeness (QED) is 0.711. The number of hydrogen-bond donors (Lipinski definition) is 1. The highest BCUT2D eigenvalue weighted by Crippen LogP contribution is 2.30. The summed E-state index contributed by atoms with van der Waals surface area (Å²) in [6, 6.07) is 0. The number of aliphatic hydroxyl groups is 1. The summed E-state index contributed by atoms with van der Waals surface area (Å²) in [6.07, 6.45) is 1.50. The van der Waals surface area contributed by atoms with Gasteiger partial charge in [0, 0.05) is 6.61 Å². The molecule has 0 aliphatic heterocycles. The molecule has 0 aliphatic carbocycles. The van der Waals surface area contributed by atoms with E-state index in [1.807, 2.05) is 13.8 Å². The maximum absolute atomic E-state index is 10.9. The highest BCUT2D eigenvalue weighted by molar-refractivity contribution is 7.86. The Bertz CT molecular complexity index is 277. The first-order valence-corrected chi connectivity index (χ1v) is 6.31. The molecular weight excluding hydrogens is 204 g/mol. The summed E-state index contributed by atoms with van der Waals surface area (Å²) in [4.78, 5) is 0. The molecule has 0 spiro atoms. The largest absolute Gasteiger partial charge is 0.396 e. The Labute approximate surface area is 86.4 Å². The second kappa shape index (κ2) is 4.16. The average Bonchev–Trinajstić information content (AvgIpc) is 1.78. The average molecular weight is 224 g/mol. The molecule has 0 fully saturated rings. The van der Waals surface area contributed by atoms with E-state index in [0.717, 1.165) is 6.26 Å². The Morgan fingerprint density at radius 2 is 1.64 bits per heavy atom. The summed E-state index contributed by atoms with van der Waals surface area (Å²) in [5, 5.41) is 9.05. The van der Waals surface area contributed by atoms with Crippen LogP contribution in [0.2, 0.25) is 0 Å². The Kier molecular flexibility index (Phi) is 4.12. The third-order valence-corrected chi connectivity index (χ3v) is 2.46. The molecule has 1 N–H and O–H groups in total. The van der Waals surface area contributed by atoms with Crippen molar-refractivity contribution in [3.05, 3.63) is 0 Å². The molecule has 14 heavy (non-hydrogen) atoms. The predicted octanol–water partition coefficient (Wildman–Crippen LogP) is 1.15. The first kappa shape index (κ1) is 13.9. The van der Waals surface area contributed by atoms with E-state index in [1.165, 1.54) is 0 Å². The molecule has 0 radical (unpaired) electrons. The van der Waals surface area contributed by atoms with Gasteiger partial charge in [-0.15, -0.1) is 0 Å². The van der Waals surface area contributed by atoms with Gasteiger partial charge in [-0.2, -0.15) is 8.42 Å². The van der Waals surface area contributed by atoms with E-state index in [4.69, 9.17) is 9.29 Å². The van der Waals surface area contributed by atoms with Gasteiger partial charge in [-0.1, -0.05) is 13.8 Å². The number of hydrogen-bond acceptors (Lipinski definition) is 4. The second-order valence-corrected chi connectivity index (χ2v) is 6.62. The Balaban J connectivity index is 4.50. The summed E-state index contributed by atoms with van der Waals surface area (Å²) in [5.74, 6) is 0. The van der Waals surface area contributed by atoms with Gasteiger partial charge in [0.05, 0.1) is 11.9 Å². The minimum absolute atomic E-state index is 0.00352. The third-order valence-electron chi connectivity index (χ3n) is 1.71. The van der Waals surface area contributed by atoms with Crippen LogP contribution in [0.4, 0.5) is 0 Å². The van der Waals surface area contributed by atoms with Crippen LogP contribution in [-0.2, 0) is 14.3 Å². The maximum Gasteiger partial charge on any atom is 0.264 e. The first-order chi connectivity index (χ1) is 5.97. The fourth-order valence-corrected chi connectivity index (χ4v) is 2.53. The van der Waals surface area contributed by atoms with E-state index in [2.05, 4.69) is 0 Å². The smallest absolute Gasteiger partial charge is 0.264 e. The molecule has 4 nitrogen and oxygen atoms in total. The van der Waals surface area contributed by atoms with E-state index >= 15 is 0 Å². The van der Waals surface area contributed by atoms with Crippen LogP contribution in [0.1, 0.15) is 34.1 Å². The summed E-state index contributed by atoms with van der Waals surface area (Å²) >= 11 is 0. The van der Waals surface area contributed by atoms with Gasteiger partial charge in [-0.25, -0.2) is 0 Å². The van der Waals surface area contributed by atoms with Gasteiger partial charge < -0.3 is 5.11 Å². The predicted molar refractivity (Wildman–Crippen MR) is 55.5 cm³/mol. The second-order valence-electron chi connectivity index (χ2n) is 5.05. The molecular formula is C9H20O4S. The van der Waals surface area contributed by atoms with Crippen LogP contribution in [0.25, 0.3) is 0 Å². The van der Waals surface area contributed by atoms with Crippen LogP contribution >= 0.6 is 0 Å². The SMILES string of the molecule is CC(C)(CO)CC(C)(C)OS(C)(=O)=O. The van der Waals surface area contributed by atoms with Gasteiger partial charge in [0.25, 0.3) is 10.1 Å². The normalized spacial score (nSPS) is 14.4. The number of aliphatic hydroxyl groups excluding tert-OH is 1. The van der Waals surface area contributed by atoms with Crippen molar-refractivity contribution in [2.24, 2.45) is 5.41 Å². The van der Waals surface area contributed by atoms with Crippen LogP contribution in [0.3, 0.4) is 0 Å². The van der Waals surface area contributed by atoms with Crippen molar-refractivity contribution >= 4 is 10.1 Å². The molecule has 0 saturated carbocycles. The van der Waals surface area contributed by atoms with Crippen molar-refractivity contribution in [2.45, 2.75) is 39.7 Å². The topological polar surface area (TPSA) is 63.6 Å². The maximum atomic E-state index is 10.9. The van der Waals surface area contributed by atoms with Gasteiger partial charge in [-0.3, -0.25) is 4.18 Å². The molecule has 0 aromatic rings. The van der Waals surface area contributed by atoms with E-state index in [9.17, 15) is 8.42 Å². The van der Waals surface area contributed by atoms with Gasteiger partial charge in [0.2, 0.25) is 0 Å². The van der Waals surface area contributed by atoms with Gasteiger partial charge in [0.1, 0.15) is 0 Å². The zero-order chi connectivity index (χ0) is 11.6. The van der Waals surface area contributed by atoms with Crippen molar-refractivity contribution in [1.82, 2.24) is 0 Å². The lowest BCUT2D eigenvalue weighted by Gasteiger charge is -2.32. The van der Waals surface area contributed by atoms with Crippen LogP contribution < -0.4 is 0 Å². The Morgan fingerprint density at radius 1 is 1.21 bits per heavy atom. The van der Waals surface area contributed by atoms with Crippen LogP contribution in [0, 0.1) is 5.41 Å². The lowest BCUT2D eigenvalue weighted by atomic mass is 9.83. The summed E-state index contributed by atoms with van der Waals surface area (Å²) < 4.78 is 26.8. The molecule has 0 aromatic carbocycles. The lowest BCUT2D eigenvalue weighted by Crippen LogP contribution is -2.35. The molecule has 0 atom stereocenters. The highest BCUT2D eigenvalue weighted by Gasteiger charge is 2.31. The molecule has 0 saturated heterocycles. The zero-order valence-corrected chi connectivity index (χ0v) is 10.3. The lowest BCUT2D eigenvalue weighted by molar-refractivity contribution is 0.0366. The van der Waals surface area contributed by atoms with Gasteiger partial charge in [0.15, 0.2) is 0 Å². The Morgan fingerprint density at radius 3 is 1.93 bits per heavy atom. The van der Waals surface area contributed by atoms with Gasteiger partial charge in [-0.05, 0) is 25.7 Å². The van der Waals surface area contributed by atoms with Crippen molar-refractivity contribution in [1.29, 1.82) is 0 Å². The molecule has 0 aliphatic rings. The van der Waals surface area contributed by atoms with Crippen molar-refractivity contribution < 1.29 is 17.7 Å². The molecule has 0 rings (SSSR count). The molecule has 0 bridgehead atoms. The minimum atomic E-state index is -3.44. The standard InChI is InChI=1S/C9H20O4S/c1-8(2,7-10)6-9(3,4)13-14(5,11)12/h10H,6-7H2,1-5H3. The summed E-state index contributed by atoms with van der Waals surface area (Å²) in [7, 11) is -3.44. The van der Waals surface area contributed by atoms with Crippen molar-refractivity contribution in [3.8, 4) is 0 Å². The first-order valence-electron chi connectivity index (χ1n) is 4.49. The van der Waals surface area contributed by atoms with Crippen LogP contribution in [0.5, 0.6) is 0 Å². The van der Waals surface area contributed by atoms with E-state index < -0.39 is 15.7 Å². The molecule has 0 amide bonds. The highest BCUT2D eigenvalue weighted by atomic mass is 32.2. The molecule has 0 heterocycles. The van der Waals surface area contributed by atoms with Crippen molar-refractivity contribution in [3.63, 3.8) is 0 Å². The van der Waals surface area contributed by atoms with E-state index in [-0.39, 0.29) is 12.0 Å². The molecule has 86 valence electrons. The summed E-state index contributed by atoms with van der Waals surface area (Å²) in [6.45, 7) is 7.13. The monoisotopic (exact) mass is 224 g/mol. The van der Waals surface area contributed by atoms with Gasteiger partial charge >= 0.3 is 0 Å². The molecule has 0 aromatic heterocycles. The number of rotatable bonds is 5. The minimum Gasteiger partial charge on any atom is -0.396 e. The van der Waals surface area contributed by atoms with E-state index in [1.54, 1.807) is 13.8 Å².